The van der Waals surface area contributed by atoms with Gasteiger partial charge in [0.15, 0.2) is 0 Å². The van der Waals surface area contributed by atoms with Crippen LogP contribution in [-0.2, 0) is 11.2 Å². The van der Waals surface area contributed by atoms with Gasteiger partial charge >= 0.3 is 5.97 Å². The molecule has 0 aliphatic rings. The van der Waals surface area contributed by atoms with Crippen molar-refractivity contribution in [2.75, 3.05) is 5.75 Å². The minimum Gasteiger partial charge on any atom is -0.481 e. The van der Waals surface area contributed by atoms with Crippen LogP contribution in [0.4, 0.5) is 0 Å². The van der Waals surface area contributed by atoms with Gasteiger partial charge < -0.3 is 5.11 Å². The van der Waals surface area contributed by atoms with E-state index in [0.29, 0.717) is 11.5 Å². The lowest BCUT2D eigenvalue weighted by atomic mass is 10.2. The summed E-state index contributed by atoms with van der Waals surface area (Å²) in [5, 5.41) is 16.3. The summed E-state index contributed by atoms with van der Waals surface area (Å²) in [5.74, 6) is -0.918. The van der Waals surface area contributed by atoms with Gasteiger partial charge in [-0.25, -0.2) is 0 Å². The summed E-state index contributed by atoms with van der Waals surface area (Å²) in [6.07, 6.45) is 0.513. The highest BCUT2D eigenvalue weighted by molar-refractivity contribution is 8.14. The van der Waals surface area contributed by atoms with E-state index in [1.165, 1.54) is 0 Å². The molecule has 0 heterocycles. The average molecular weight is 209 g/mol. The SMILES string of the molecule is N=C(Cc1ccccc1)SCC(=O)O. The van der Waals surface area contributed by atoms with Crippen LogP contribution in [0.25, 0.3) is 0 Å². The fourth-order valence-corrected chi connectivity index (χ4v) is 1.55. The highest BCUT2D eigenvalue weighted by Crippen LogP contribution is 2.08. The Morgan fingerprint density at radius 3 is 2.57 bits per heavy atom. The number of carbonyl (C=O) groups is 1. The maximum absolute atomic E-state index is 10.2. The highest BCUT2D eigenvalue weighted by atomic mass is 32.2. The molecule has 0 atom stereocenters. The predicted octanol–water partition coefficient (Wildman–Crippen LogP) is 2.02. The highest BCUT2D eigenvalue weighted by Gasteiger charge is 2.03. The minimum atomic E-state index is -0.882. The van der Waals surface area contributed by atoms with Crippen molar-refractivity contribution in [1.82, 2.24) is 0 Å². The van der Waals surface area contributed by atoms with E-state index in [2.05, 4.69) is 0 Å². The third kappa shape index (κ3) is 4.09. The van der Waals surface area contributed by atoms with E-state index in [0.717, 1.165) is 17.3 Å². The van der Waals surface area contributed by atoms with Crippen molar-refractivity contribution in [1.29, 1.82) is 5.41 Å². The molecule has 0 saturated carbocycles. The van der Waals surface area contributed by atoms with Crippen LogP contribution in [0.3, 0.4) is 0 Å². The first-order valence-corrected chi connectivity index (χ1v) is 5.13. The number of hydrogen-bond acceptors (Lipinski definition) is 3. The fraction of sp³-hybridized carbons (Fsp3) is 0.200. The lowest BCUT2D eigenvalue weighted by Gasteiger charge is -2.01. The van der Waals surface area contributed by atoms with E-state index in [1.54, 1.807) is 0 Å². The zero-order valence-corrected chi connectivity index (χ0v) is 8.38. The second-order valence-corrected chi connectivity index (χ2v) is 3.84. The monoisotopic (exact) mass is 209 g/mol. The van der Waals surface area contributed by atoms with Gasteiger partial charge in [0.25, 0.3) is 0 Å². The minimum absolute atomic E-state index is 0.0360. The number of thioether (sulfide) groups is 1. The largest absolute Gasteiger partial charge is 0.481 e. The van der Waals surface area contributed by atoms with Gasteiger partial charge in [0.05, 0.1) is 10.8 Å². The van der Waals surface area contributed by atoms with Gasteiger partial charge in [-0.1, -0.05) is 42.1 Å². The Bertz CT molecular complexity index is 324. The zero-order valence-electron chi connectivity index (χ0n) is 7.56. The number of aliphatic carboxylic acids is 1. The van der Waals surface area contributed by atoms with Gasteiger partial charge in [0, 0.05) is 6.42 Å². The van der Waals surface area contributed by atoms with Crippen molar-refractivity contribution >= 4 is 22.8 Å². The van der Waals surface area contributed by atoms with Gasteiger partial charge in [-0.05, 0) is 5.56 Å². The second-order valence-electron chi connectivity index (χ2n) is 2.77. The van der Waals surface area contributed by atoms with Crippen molar-refractivity contribution in [2.24, 2.45) is 0 Å². The smallest absolute Gasteiger partial charge is 0.313 e. The summed E-state index contributed by atoms with van der Waals surface area (Å²) >= 11 is 1.06. The van der Waals surface area contributed by atoms with Crippen LogP contribution in [0.15, 0.2) is 30.3 Å². The molecule has 0 spiro atoms. The van der Waals surface area contributed by atoms with Crippen LogP contribution in [0.5, 0.6) is 0 Å². The Morgan fingerprint density at radius 1 is 1.36 bits per heavy atom. The molecule has 0 radical (unpaired) electrons. The molecule has 0 bridgehead atoms. The van der Waals surface area contributed by atoms with E-state index in [9.17, 15) is 4.79 Å². The van der Waals surface area contributed by atoms with Crippen molar-refractivity contribution in [3.63, 3.8) is 0 Å². The Kier molecular flexibility index (Phi) is 4.19. The molecule has 0 fully saturated rings. The molecule has 0 unspecified atom stereocenters. The number of carboxylic acids is 1. The molecule has 0 aliphatic carbocycles. The van der Waals surface area contributed by atoms with Crippen LogP contribution in [0.1, 0.15) is 5.56 Å². The first kappa shape index (κ1) is 10.8. The Morgan fingerprint density at radius 2 is 2.00 bits per heavy atom. The van der Waals surface area contributed by atoms with Gasteiger partial charge in [-0.2, -0.15) is 0 Å². The second kappa shape index (κ2) is 5.44. The van der Waals surface area contributed by atoms with Crippen LogP contribution in [0, 0.1) is 5.41 Å². The summed E-state index contributed by atoms with van der Waals surface area (Å²) in [6, 6.07) is 9.58. The molecule has 2 N–H and O–H groups in total. The number of rotatable bonds is 4. The van der Waals surface area contributed by atoms with Gasteiger partial charge in [0.2, 0.25) is 0 Å². The molecule has 1 aromatic rings. The predicted molar refractivity (Wildman–Crippen MR) is 58.0 cm³/mol. The summed E-state index contributed by atoms with van der Waals surface area (Å²) < 4.78 is 0. The maximum Gasteiger partial charge on any atom is 0.313 e. The van der Waals surface area contributed by atoms with Crippen LogP contribution < -0.4 is 0 Å². The van der Waals surface area contributed by atoms with E-state index in [4.69, 9.17) is 10.5 Å². The van der Waals surface area contributed by atoms with Crippen molar-refractivity contribution in [3.05, 3.63) is 35.9 Å². The number of hydrogen-bond donors (Lipinski definition) is 2. The molecule has 0 saturated heterocycles. The lowest BCUT2D eigenvalue weighted by Crippen LogP contribution is -2.04. The molecule has 3 nitrogen and oxygen atoms in total. The Labute approximate surface area is 86.7 Å². The summed E-state index contributed by atoms with van der Waals surface area (Å²) in [4.78, 5) is 10.2. The fourth-order valence-electron chi connectivity index (χ4n) is 0.981. The zero-order chi connectivity index (χ0) is 10.4. The Hall–Kier alpha value is -1.29. The molecular weight excluding hydrogens is 198 g/mol. The lowest BCUT2D eigenvalue weighted by molar-refractivity contribution is -0.133. The van der Waals surface area contributed by atoms with E-state index in [1.807, 2.05) is 30.3 Å². The standard InChI is InChI=1S/C10H11NO2S/c11-9(14-7-10(12)13)6-8-4-2-1-3-5-8/h1-5,11H,6-7H2,(H,12,13). The third-order valence-corrected chi connectivity index (χ3v) is 2.46. The van der Waals surface area contributed by atoms with Gasteiger partial charge in [-0.3, -0.25) is 10.2 Å². The average Bonchev–Trinajstić information content (AvgIpc) is 2.16. The molecule has 4 heteroatoms. The van der Waals surface area contributed by atoms with Crippen LogP contribution in [-0.4, -0.2) is 21.9 Å². The van der Waals surface area contributed by atoms with Gasteiger partial charge in [-0.15, -0.1) is 0 Å². The number of benzene rings is 1. The molecular formula is C10H11NO2S. The maximum atomic E-state index is 10.2. The summed E-state index contributed by atoms with van der Waals surface area (Å²) in [6.45, 7) is 0. The van der Waals surface area contributed by atoms with Crippen LogP contribution in [0.2, 0.25) is 0 Å². The molecule has 74 valence electrons. The summed E-state index contributed by atoms with van der Waals surface area (Å²) in [7, 11) is 0. The van der Waals surface area contributed by atoms with Gasteiger partial charge in [0.1, 0.15) is 0 Å². The molecule has 1 aromatic carbocycles. The van der Waals surface area contributed by atoms with Crippen molar-refractivity contribution in [2.45, 2.75) is 6.42 Å². The first-order valence-electron chi connectivity index (χ1n) is 4.14. The summed E-state index contributed by atoms with van der Waals surface area (Å²) in [5.41, 5.74) is 1.04. The topological polar surface area (TPSA) is 61.2 Å². The normalized spacial score (nSPS) is 9.71. The third-order valence-electron chi connectivity index (χ3n) is 1.58. The number of nitrogens with one attached hydrogen (secondary N) is 1. The molecule has 0 amide bonds. The van der Waals surface area contributed by atoms with Crippen molar-refractivity contribution < 1.29 is 9.90 Å². The molecule has 1 rings (SSSR count). The molecule has 0 aliphatic heterocycles. The van der Waals surface area contributed by atoms with E-state index in [-0.39, 0.29) is 5.75 Å². The molecule has 0 aromatic heterocycles. The van der Waals surface area contributed by atoms with Crippen LogP contribution >= 0.6 is 11.8 Å². The van der Waals surface area contributed by atoms with E-state index < -0.39 is 5.97 Å². The number of carboxylic acid groups (broad SMARTS) is 1. The quantitative estimate of drug-likeness (QED) is 0.589. The Balaban J connectivity index is 2.38. The molecule has 14 heavy (non-hydrogen) atoms. The van der Waals surface area contributed by atoms with Crippen molar-refractivity contribution in [3.8, 4) is 0 Å². The van der Waals surface area contributed by atoms with E-state index >= 15 is 0 Å². The first-order chi connectivity index (χ1) is 6.68.